The Morgan fingerprint density at radius 3 is 2.28 bits per heavy atom. The third kappa shape index (κ3) is 5.18. The van der Waals surface area contributed by atoms with Crippen LogP contribution in [0.2, 0.25) is 0 Å². The van der Waals surface area contributed by atoms with Gasteiger partial charge < -0.3 is 15.0 Å². The average Bonchev–Trinajstić information content (AvgIpc) is 3.24. The number of nitrogens with one attached hydrogen (secondary N) is 1. The Morgan fingerprint density at radius 1 is 0.969 bits per heavy atom. The van der Waals surface area contributed by atoms with Gasteiger partial charge in [-0.15, -0.1) is 11.3 Å². The first kappa shape index (κ1) is 22.0. The van der Waals surface area contributed by atoms with Crippen LogP contribution in [-0.2, 0) is 9.53 Å². The maximum atomic E-state index is 12.8. The number of para-hydroxylation sites is 1. The Hall–Kier alpha value is -3.16. The van der Waals surface area contributed by atoms with E-state index in [1.54, 1.807) is 6.92 Å². The lowest BCUT2D eigenvalue weighted by molar-refractivity contribution is -0.117. The van der Waals surface area contributed by atoms with Gasteiger partial charge in [0.05, 0.1) is 13.2 Å². The third-order valence-corrected chi connectivity index (χ3v) is 6.36. The summed E-state index contributed by atoms with van der Waals surface area (Å²) >= 11 is 1.35. The van der Waals surface area contributed by atoms with Crippen molar-refractivity contribution in [2.75, 3.05) is 49.5 Å². The van der Waals surface area contributed by atoms with Gasteiger partial charge in [0.1, 0.15) is 10.6 Å². The van der Waals surface area contributed by atoms with Crippen molar-refractivity contribution < 1.29 is 14.3 Å². The molecule has 1 saturated heterocycles. The van der Waals surface area contributed by atoms with Crippen LogP contribution < -0.4 is 10.2 Å². The molecule has 4 rings (SSSR count). The van der Waals surface area contributed by atoms with E-state index in [0.717, 1.165) is 37.3 Å². The number of benzene rings is 2. The molecular weight excluding hydrogens is 422 g/mol. The number of anilines is 2. The first-order chi connectivity index (χ1) is 15.7. The van der Waals surface area contributed by atoms with E-state index in [1.165, 1.54) is 17.0 Å². The number of amides is 1. The molecule has 2 heterocycles. The Balaban J connectivity index is 1.41. The highest BCUT2D eigenvalue weighted by Crippen LogP contribution is 2.36. The zero-order valence-corrected chi connectivity index (χ0v) is 18.9. The summed E-state index contributed by atoms with van der Waals surface area (Å²) in [4.78, 5) is 30.0. The second kappa shape index (κ2) is 10.4. The fourth-order valence-corrected chi connectivity index (χ4v) is 4.83. The summed E-state index contributed by atoms with van der Waals surface area (Å²) in [6.45, 7) is 5.73. The van der Waals surface area contributed by atoms with E-state index in [1.807, 2.05) is 53.9 Å². The van der Waals surface area contributed by atoms with Crippen LogP contribution in [0.4, 0.5) is 10.7 Å². The summed E-state index contributed by atoms with van der Waals surface area (Å²) in [5.41, 5.74) is 3.33. The molecule has 32 heavy (non-hydrogen) atoms. The quantitative estimate of drug-likeness (QED) is 0.544. The second-order valence-corrected chi connectivity index (χ2v) is 8.47. The molecule has 2 aromatic carbocycles. The summed E-state index contributed by atoms with van der Waals surface area (Å²) < 4.78 is 5.27. The molecule has 1 aromatic heterocycles. The van der Waals surface area contributed by atoms with Crippen molar-refractivity contribution in [1.82, 2.24) is 4.90 Å². The number of thiophene rings is 1. The van der Waals surface area contributed by atoms with Crippen molar-refractivity contribution in [3.05, 3.63) is 71.6 Å². The van der Waals surface area contributed by atoms with Gasteiger partial charge in [-0.1, -0.05) is 48.5 Å². The maximum Gasteiger partial charge on any atom is 0.341 e. The number of piperazine rings is 1. The Morgan fingerprint density at radius 2 is 1.62 bits per heavy atom. The van der Waals surface area contributed by atoms with Crippen LogP contribution in [0.25, 0.3) is 11.1 Å². The minimum Gasteiger partial charge on any atom is -0.462 e. The second-order valence-electron chi connectivity index (χ2n) is 7.59. The number of nitrogens with zero attached hydrogens (tertiary/aromatic N) is 2. The highest BCUT2D eigenvalue weighted by atomic mass is 32.1. The fraction of sp³-hybridized carbons (Fsp3) is 0.280. The topological polar surface area (TPSA) is 61.9 Å². The van der Waals surface area contributed by atoms with Crippen molar-refractivity contribution in [2.45, 2.75) is 6.92 Å². The number of carbonyl (C=O) groups is 2. The molecule has 7 heteroatoms. The monoisotopic (exact) mass is 449 g/mol. The van der Waals surface area contributed by atoms with Gasteiger partial charge >= 0.3 is 5.97 Å². The molecule has 1 fully saturated rings. The third-order valence-electron chi connectivity index (χ3n) is 5.47. The van der Waals surface area contributed by atoms with Crippen molar-refractivity contribution in [2.24, 2.45) is 0 Å². The predicted molar refractivity (Wildman–Crippen MR) is 129 cm³/mol. The number of hydrogen-bond donors (Lipinski definition) is 1. The first-order valence-corrected chi connectivity index (χ1v) is 11.7. The van der Waals surface area contributed by atoms with Gasteiger partial charge in [-0.05, 0) is 24.6 Å². The van der Waals surface area contributed by atoms with Gasteiger partial charge in [0.2, 0.25) is 5.91 Å². The van der Waals surface area contributed by atoms with Crippen LogP contribution in [0.5, 0.6) is 0 Å². The predicted octanol–water partition coefficient (Wildman–Crippen LogP) is 4.35. The molecule has 166 valence electrons. The van der Waals surface area contributed by atoms with E-state index in [2.05, 4.69) is 27.2 Å². The molecule has 1 N–H and O–H groups in total. The normalized spacial score (nSPS) is 14.2. The minimum atomic E-state index is -0.417. The summed E-state index contributed by atoms with van der Waals surface area (Å²) in [7, 11) is 0. The van der Waals surface area contributed by atoms with Gasteiger partial charge in [-0.2, -0.15) is 0 Å². The Bertz CT molecular complexity index is 1040. The van der Waals surface area contributed by atoms with Crippen LogP contribution >= 0.6 is 11.3 Å². The smallest absolute Gasteiger partial charge is 0.341 e. The fourth-order valence-electron chi connectivity index (χ4n) is 3.86. The summed E-state index contributed by atoms with van der Waals surface area (Å²) in [5, 5.41) is 5.39. The van der Waals surface area contributed by atoms with Crippen LogP contribution in [0.15, 0.2) is 66.0 Å². The number of carbonyl (C=O) groups excluding carboxylic acids is 2. The molecule has 6 nitrogen and oxygen atoms in total. The molecule has 0 radical (unpaired) electrons. The average molecular weight is 450 g/mol. The lowest BCUT2D eigenvalue weighted by atomic mass is 10.0. The number of rotatable bonds is 7. The van der Waals surface area contributed by atoms with Crippen molar-refractivity contribution in [3.63, 3.8) is 0 Å². The zero-order valence-electron chi connectivity index (χ0n) is 18.1. The van der Waals surface area contributed by atoms with Gasteiger partial charge in [-0.3, -0.25) is 9.69 Å². The number of ether oxygens (including phenoxy) is 1. The molecule has 0 unspecified atom stereocenters. The van der Waals surface area contributed by atoms with Gasteiger partial charge in [0.15, 0.2) is 0 Å². The van der Waals surface area contributed by atoms with Crippen LogP contribution in [0, 0.1) is 0 Å². The SMILES string of the molecule is CCOC(=O)c1c(-c2ccccc2)csc1NC(=O)CN1CCN(c2ccccc2)CC1. The molecule has 1 aliphatic heterocycles. The van der Waals surface area contributed by atoms with E-state index < -0.39 is 5.97 Å². The van der Waals surface area contributed by atoms with Gasteiger partial charge in [0.25, 0.3) is 0 Å². The zero-order chi connectivity index (χ0) is 22.3. The summed E-state index contributed by atoms with van der Waals surface area (Å²) in [6.07, 6.45) is 0. The molecule has 0 bridgehead atoms. The molecular formula is C25H27N3O3S. The molecule has 0 aliphatic carbocycles. The van der Waals surface area contributed by atoms with E-state index in [4.69, 9.17) is 4.74 Å². The largest absolute Gasteiger partial charge is 0.462 e. The molecule has 3 aromatic rings. The van der Waals surface area contributed by atoms with Crippen molar-refractivity contribution >= 4 is 33.9 Å². The summed E-state index contributed by atoms with van der Waals surface area (Å²) in [6, 6.07) is 20.0. The Kier molecular flexibility index (Phi) is 7.19. The standard InChI is InChI=1S/C25H27N3O3S/c1-2-31-25(30)23-21(19-9-5-3-6-10-19)18-32-24(23)26-22(29)17-27-13-15-28(16-14-27)20-11-7-4-8-12-20/h3-12,18H,2,13-17H2,1H3,(H,26,29). The maximum absolute atomic E-state index is 12.8. The van der Waals surface area contributed by atoms with Gasteiger partial charge in [0, 0.05) is 42.8 Å². The lowest BCUT2D eigenvalue weighted by Crippen LogP contribution is -2.48. The molecule has 0 saturated carbocycles. The molecule has 0 atom stereocenters. The van der Waals surface area contributed by atoms with Crippen molar-refractivity contribution in [1.29, 1.82) is 0 Å². The van der Waals surface area contributed by atoms with E-state index in [9.17, 15) is 9.59 Å². The molecule has 1 aliphatic rings. The van der Waals surface area contributed by atoms with E-state index in [0.29, 0.717) is 17.1 Å². The van der Waals surface area contributed by atoms with Gasteiger partial charge in [-0.25, -0.2) is 4.79 Å². The van der Waals surface area contributed by atoms with Crippen molar-refractivity contribution in [3.8, 4) is 11.1 Å². The van der Waals surface area contributed by atoms with Crippen LogP contribution in [0.1, 0.15) is 17.3 Å². The number of esters is 1. The summed E-state index contributed by atoms with van der Waals surface area (Å²) in [5.74, 6) is -0.537. The molecule has 0 spiro atoms. The van der Waals surface area contributed by atoms with E-state index >= 15 is 0 Å². The number of hydrogen-bond acceptors (Lipinski definition) is 6. The highest BCUT2D eigenvalue weighted by molar-refractivity contribution is 7.15. The van der Waals surface area contributed by atoms with Crippen LogP contribution in [0.3, 0.4) is 0 Å². The lowest BCUT2D eigenvalue weighted by Gasteiger charge is -2.35. The minimum absolute atomic E-state index is 0.120. The molecule has 1 amide bonds. The van der Waals surface area contributed by atoms with E-state index in [-0.39, 0.29) is 12.5 Å². The highest BCUT2D eigenvalue weighted by Gasteiger charge is 2.24. The van der Waals surface area contributed by atoms with Crippen LogP contribution in [-0.4, -0.2) is 56.1 Å². The Labute approximate surface area is 192 Å². The first-order valence-electron chi connectivity index (χ1n) is 10.8.